The van der Waals surface area contributed by atoms with Gasteiger partial charge in [-0.2, -0.15) is 5.26 Å². The molecule has 2 N–H and O–H groups in total. The molecule has 0 amide bonds. The molecule has 2 aromatic rings. The summed E-state index contributed by atoms with van der Waals surface area (Å²) in [5, 5.41) is 9.73. The average Bonchev–Trinajstić information content (AvgIpc) is 2.95. The maximum atomic E-state index is 13.0. The summed E-state index contributed by atoms with van der Waals surface area (Å²) in [6.45, 7) is 14.3. The number of esters is 1. The average molecular weight is 591 g/mol. The van der Waals surface area contributed by atoms with Crippen molar-refractivity contribution in [3.05, 3.63) is 53.6 Å². The lowest BCUT2D eigenvalue weighted by Crippen LogP contribution is -2.55. The van der Waals surface area contributed by atoms with E-state index in [1.54, 1.807) is 0 Å². The van der Waals surface area contributed by atoms with Crippen LogP contribution in [-0.4, -0.2) is 37.9 Å². The number of carbonyl (C=O) groups is 1. The third kappa shape index (κ3) is 10.3. The number of hydrogen-bond acceptors (Lipinski definition) is 7. The zero-order valence-corrected chi connectivity index (χ0v) is 27.0. The smallest absolute Gasteiger partial charge is 0.313 e. The SMILES string of the molecule is CC(C)(C)CC(C)(C(=O)OCCCCCCCCOc1ccc(C(C#N)=Cc2ccc3c(c2)OCCO3)cc1)C(C)(C)N. The Bertz CT molecular complexity index is 1260. The number of ether oxygens (including phenoxy) is 4. The summed E-state index contributed by atoms with van der Waals surface area (Å²) in [6, 6.07) is 15.6. The molecule has 0 fully saturated rings. The van der Waals surface area contributed by atoms with Gasteiger partial charge in [0.1, 0.15) is 19.0 Å². The van der Waals surface area contributed by atoms with Gasteiger partial charge in [0.05, 0.1) is 30.3 Å². The van der Waals surface area contributed by atoms with E-state index in [4.69, 9.17) is 24.7 Å². The lowest BCUT2D eigenvalue weighted by atomic mass is 9.65. The first-order valence-corrected chi connectivity index (χ1v) is 15.5. The van der Waals surface area contributed by atoms with Crippen LogP contribution in [0.1, 0.15) is 97.6 Å². The summed E-state index contributed by atoms with van der Waals surface area (Å²) in [6.07, 6.45) is 8.68. The van der Waals surface area contributed by atoms with Gasteiger partial charge in [0, 0.05) is 5.54 Å². The predicted octanol–water partition coefficient (Wildman–Crippen LogP) is 7.96. The van der Waals surface area contributed by atoms with Crippen molar-refractivity contribution < 1.29 is 23.7 Å². The molecule has 0 aromatic heterocycles. The van der Waals surface area contributed by atoms with Crippen LogP contribution in [0.4, 0.5) is 0 Å². The van der Waals surface area contributed by atoms with E-state index in [1.165, 1.54) is 0 Å². The van der Waals surface area contributed by atoms with Gasteiger partial charge >= 0.3 is 5.97 Å². The maximum absolute atomic E-state index is 13.0. The predicted molar refractivity (Wildman–Crippen MR) is 172 cm³/mol. The van der Waals surface area contributed by atoms with Crippen LogP contribution in [-0.2, 0) is 9.53 Å². The van der Waals surface area contributed by atoms with Gasteiger partial charge in [-0.05, 0) is 99.0 Å². The van der Waals surface area contributed by atoms with E-state index in [1.807, 2.05) is 69.3 Å². The van der Waals surface area contributed by atoms with Crippen LogP contribution in [0, 0.1) is 22.2 Å². The molecular weight excluding hydrogens is 540 g/mol. The van der Waals surface area contributed by atoms with Crippen molar-refractivity contribution >= 4 is 17.6 Å². The topological polar surface area (TPSA) is 104 Å². The molecule has 1 atom stereocenters. The molecule has 2 aromatic carbocycles. The van der Waals surface area contributed by atoms with Crippen LogP contribution >= 0.6 is 0 Å². The third-order valence-electron chi connectivity index (χ3n) is 7.96. The molecule has 0 saturated carbocycles. The first kappa shape index (κ1) is 34.0. The number of nitriles is 1. The summed E-state index contributed by atoms with van der Waals surface area (Å²) >= 11 is 0. The van der Waals surface area contributed by atoms with E-state index in [-0.39, 0.29) is 11.4 Å². The molecular formula is C36H50N2O5. The Balaban J connectivity index is 1.32. The number of unbranched alkanes of at least 4 members (excludes halogenated alkanes) is 5. The van der Waals surface area contributed by atoms with E-state index in [0.717, 1.165) is 61.2 Å². The molecule has 1 unspecified atom stereocenters. The molecule has 0 bridgehead atoms. The number of fused-ring (bicyclic) bond motifs is 1. The van der Waals surface area contributed by atoms with Crippen LogP contribution in [0.5, 0.6) is 17.2 Å². The highest BCUT2D eigenvalue weighted by molar-refractivity contribution is 5.90. The van der Waals surface area contributed by atoms with Crippen LogP contribution < -0.4 is 19.9 Å². The van der Waals surface area contributed by atoms with Crippen molar-refractivity contribution in [2.24, 2.45) is 16.6 Å². The summed E-state index contributed by atoms with van der Waals surface area (Å²) in [5.74, 6) is 2.03. The van der Waals surface area contributed by atoms with Gasteiger partial charge in [-0.25, -0.2) is 0 Å². The lowest BCUT2D eigenvalue weighted by molar-refractivity contribution is -0.161. The monoisotopic (exact) mass is 590 g/mol. The molecule has 0 aliphatic carbocycles. The first-order valence-electron chi connectivity index (χ1n) is 15.5. The molecule has 7 heteroatoms. The van der Waals surface area contributed by atoms with Gasteiger partial charge in [-0.1, -0.05) is 52.5 Å². The molecule has 1 aliphatic rings. The van der Waals surface area contributed by atoms with Gasteiger partial charge in [0.15, 0.2) is 11.5 Å². The quantitative estimate of drug-likeness (QED) is 0.0971. The number of allylic oxidation sites excluding steroid dienone is 1. The molecule has 3 rings (SSSR count). The zero-order valence-electron chi connectivity index (χ0n) is 27.0. The molecule has 7 nitrogen and oxygen atoms in total. The molecule has 234 valence electrons. The molecule has 1 aliphatic heterocycles. The number of nitrogens with zero attached hydrogens (tertiary/aromatic N) is 1. The summed E-state index contributed by atoms with van der Waals surface area (Å²) < 4.78 is 22.8. The number of benzene rings is 2. The highest BCUT2D eigenvalue weighted by Gasteiger charge is 2.48. The molecule has 0 saturated heterocycles. The number of hydrogen-bond donors (Lipinski definition) is 1. The highest BCUT2D eigenvalue weighted by atomic mass is 16.6. The Labute approximate surface area is 258 Å². The van der Waals surface area contributed by atoms with Crippen LogP contribution in [0.2, 0.25) is 0 Å². The van der Waals surface area contributed by atoms with E-state index in [0.29, 0.717) is 44.2 Å². The molecule has 0 radical (unpaired) electrons. The van der Waals surface area contributed by atoms with Crippen molar-refractivity contribution in [2.75, 3.05) is 26.4 Å². The lowest BCUT2D eigenvalue weighted by Gasteiger charge is -2.43. The summed E-state index contributed by atoms with van der Waals surface area (Å²) in [7, 11) is 0. The number of carbonyl (C=O) groups excluding carboxylic acids is 1. The Morgan fingerprint density at radius 3 is 2.09 bits per heavy atom. The van der Waals surface area contributed by atoms with Crippen LogP contribution in [0.15, 0.2) is 42.5 Å². The Kier molecular flexibility index (Phi) is 12.1. The highest BCUT2D eigenvalue weighted by Crippen LogP contribution is 2.41. The van der Waals surface area contributed by atoms with Gasteiger partial charge in [0.2, 0.25) is 0 Å². The maximum Gasteiger partial charge on any atom is 0.313 e. The van der Waals surface area contributed by atoms with Crippen molar-refractivity contribution in [3.63, 3.8) is 0 Å². The Morgan fingerprint density at radius 1 is 0.884 bits per heavy atom. The van der Waals surface area contributed by atoms with E-state index >= 15 is 0 Å². The Hall–Kier alpha value is -3.50. The van der Waals surface area contributed by atoms with Crippen molar-refractivity contribution in [3.8, 4) is 23.3 Å². The molecule has 43 heavy (non-hydrogen) atoms. The summed E-state index contributed by atoms with van der Waals surface area (Å²) in [4.78, 5) is 13.0. The fourth-order valence-corrected chi connectivity index (χ4v) is 5.28. The van der Waals surface area contributed by atoms with E-state index in [9.17, 15) is 10.1 Å². The second-order valence-electron chi connectivity index (χ2n) is 13.5. The van der Waals surface area contributed by atoms with E-state index in [2.05, 4.69) is 26.8 Å². The fourth-order valence-electron chi connectivity index (χ4n) is 5.28. The van der Waals surface area contributed by atoms with Gasteiger partial charge in [0.25, 0.3) is 0 Å². The van der Waals surface area contributed by atoms with Crippen molar-refractivity contribution in [1.29, 1.82) is 5.26 Å². The van der Waals surface area contributed by atoms with Gasteiger partial charge in [-0.3, -0.25) is 4.79 Å². The largest absolute Gasteiger partial charge is 0.494 e. The minimum absolute atomic E-state index is 0.0226. The number of nitrogens with two attached hydrogens (primary N) is 1. The van der Waals surface area contributed by atoms with Crippen molar-refractivity contribution in [2.45, 2.75) is 92.0 Å². The number of rotatable bonds is 15. The second kappa shape index (κ2) is 15.3. The van der Waals surface area contributed by atoms with Gasteiger partial charge in [-0.15, -0.1) is 0 Å². The Morgan fingerprint density at radius 2 is 1.49 bits per heavy atom. The third-order valence-corrected chi connectivity index (χ3v) is 7.96. The van der Waals surface area contributed by atoms with E-state index < -0.39 is 11.0 Å². The second-order valence-corrected chi connectivity index (χ2v) is 13.5. The first-order chi connectivity index (χ1) is 20.3. The van der Waals surface area contributed by atoms with Gasteiger partial charge < -0.3 is 24.7 Å². The minimum Gasteiger partial charge on any atom is -0.494 e. The normalized spacial score (nSPS) is 14.9. The van der Waals surface area contributed by atoms with Crippen LogP contribution in [0.25, 0.3) is 11.6 Å². The molecule has 0 spiro atoms. The summed E-state index contributed by atoms with van der Waals surface area (Å²) in [5.41, 5.74) is 7.28. The van der Waals surface area contributed by atoms with Crippen molar-refractivity contribution in [1.82, 2.24) is 0 Å². The minimum atomic E-state index is -0.728. The fraction of sp³-hybridized carbons (Fsp3) is 0.556. The van der Waals surface area contributed by atoms with Crippen LogP contribution in [0.3, 0.4) is 0 Å². The standard InChI is InChI=1S/C36H50N2O5/c1-34(2,3)26-36(6,35(4,5)38)33(39)43-20-12-10-8-7-9-11-19-40-30-16-14-28(15-17-30)29(25-37)23-27-13-18-31-32(24-27)42-22-21-41-31/h13-18,23-24H,7-12,19-22,26,38H2,1-6H3. The molecule has 1 heterocycles. The zero-order chi connectivity index (χ0) is 31.5.